The smallest absolute Gasteiger partial charge is 0.218 e. The van der Waals surface area contributed by atoms with Crippen molar-refractivity contribution in [3.8, 4) is 5.75 Å². The molecule has 0 aliphatic heterocycles. The minimum absolute atomic E-state index is 0.00898. The fraction of sp³-hybridized carbons (Fsp3) is 0.500. The average Bonchev–Trinajstić information content (AvgIpc) is 2.46. The van der Waals surface area contributed by atoms with Gasteiger partial charge in [0.2, 0.25) is 10.0 Å². The maximum Gasteiger partial charge on any atom is 0.218 e. The second-order valence-electron chi connectivity index (χ2n) is 4.96. The van der Waals surface area contributed by atoms with Crippen LogP contribution in [0.1, 0.15) is 18.4 Å². The van der Waals surface area contributed by atoms with Crippen LogP contribution in [-0.4, -0.2) is 49.6 Å². The van der Waals surface area contributed by atoms with Gasteiger partial charge in [0.15, 0.2) is 0 Å². The Morgan fingerprint density at radius 3 is 2.65 bits per heavy atom. The lowest BCUT2D eigenvalue weighted by Crippen LogP contribution is -2.39. The molecule has 0 aromatic heterocycles. The van der Waals surface area contributed by atoms with Crippen molar-refractivity contribution in [3.63, 3.8) is 0 Å². The van der Waals surface area contributed by atoms with Crippen molar-refractivity contribution in [2.45, 2.75) is 18.6 Å². The van der Waals surface area contributed by atoms with Crippen molar-refractivity contribution in [2.75, 3.05) is 26.8 Å². The molecule has 1 aromatic carbocycles. The van der Waals surface area contributed by atoms with Gasteiger partial charge in [0.05, 0.1) is 29.4 Å². The Kier molecular flexibility index (Phi) is 8.21. The third-order valence-corrected chi connectivity index (χ3v) is 5.33. The molecule has 1 aromatic rings. The van der Waals surface area contributed by atoms with Gasteiger partial charge in [-0.25, -0.2) is 8.42 Å². The number of thiocarbonyl (C=S) groups is 1. The quantitative estimate of drug-likeness (QED) is 0.472. The molecule has 0 heterocycles. The second kappa shape index (κ2) is 9.39. The Labute approximate surface area is 147 Å². The van der Waals surface area contributed by atoms with E-state index < -0.39 is 10.0 Å². The molecule has 3 N–H and O–H groups in total. The number of rotatable bonds is 10. The highest BCUT2D eigenvalue weighted by atomic mass is 35.5. The van der Waals surface area contributed by atoms with Crippen molar-refractivity contribution >= 4 is 38.8 Å². The van der Waals surface area contributed by atoms with E-state index in [1.54, 1.807) is 18.2 Å². The van der Waals surface area contributed by atoms with Gasteiger partial charge in [0, 0.05) is 13.2 Å². The normalized spacial score (nSPS) is 11.7. The molecule has 0 atom stereocenters. The Morgan fingerprint density at radius 1 is 1.43 bits per heavy atom. The van der Waals surface area contributed by atoms with Crippen LogP contribution in [-0.2, 0) is 15.8 Å². The molecule has 9 heteroatoms. The fourth-order valence-electron chi connectivity index (χ4n) is 1.99. The second-order valence-corrected chi connectivity index (χ2v) is 7.86. The number of unbranched alkanes of at least 4 members (excludes halogenated alkanes) is 1. The van der Waals surface area contributed by atoms with Crippen molar-refractivity contribution < 1.29 is 18.3 Å². The molecule has 0 amide bonds. The van der Waals surface area contributed by atoms with Crippen LogP contribution in [0.15, 0.2) is 18.2 Å². The van der Waals surface area contributed by atoms with Gasteiger partial charge in [-0.15, -0.1) is 0 Å². The number of sulfonamides is 1. The summed E-state index contributed by atoms with van der Waals surface area (Å²) in [4.78, 5) is 0.102. The van der Waals surface area contributed by atoms with Crippen LogP contribution < -0.4 is 10.5 Å². The average molecular weight is 381 g/mol. The van der Waals surface area contributed by atoms with E-state index in [-0.39, 0.29) is 30.4 Å². The molecule has 0 radical (unpaired) electrons. The summed E-state index contributed by atoms with van der Waals surface area (Å²) < 4.78 is 31.4. The molecule has 0 saturated heterocycles. The first kappa shape index (κ1) is 20.1. The SMILES string of the molecule is COc1ccc(CS(=O)(=O)N(CCCCO)CC(N)=S)cc1Cl. The van der Waals surface area contributed by atoms with Gasteiger partial charge in [-0.2, -0.15) is 4.31 Å². The van der Waals surface area contributed by atoms with Crippen molar-refractivity contribution in [1.29, 1.82) is 0 Å². The summed E-state index contributed by atoms with van der Waals surface area (Å²) in [6, 6.07) is 4.83. The lowest BCUT2D eigenvalue weighted by molar-refractivity contribution is 0.278. The van der Waals surface area contributed by atoms with Crippen molar-refractivity contribution in [1.82, 2.24) is 4.31 Å². The molecule has 0 unspecified atom stereocenters. The monoisotopic (exact) mass is 380 g/mol. The summed E-state index contributed by atoms with van der Waals surface area (Å²) in [5.74, 6) is 0.272. The molecular weight excluding hydrogens is 360 g/mol. The van der Waals surface area contributed by atoms with Crippen LogP contribution in [0.3, 0.4) is 0 Å². The molecule has 23 heavy (non-hydrogen) atoms. The molecule has 130 valence electrons. The van der Waals surface area contributed by atoms with E-state index >= 15 is 0 Å². The number of halogens is 1. The summed E-state index contributed by atoms with van der Waals surface area (Å²) in [5.41, 5.74) is 6.04. The topological polar surface area (TPSA) is 92.9 Å². The molecule has 0 aliphatic carbocycles. The van der Waals surface area contributed by atoms with Crippen LogP contribution in [0.5, 0.6) is 5.75 Å². The standard InChI is InChI=1S/C14H21ClN2O4S2/c1-21-13-5-4-11(8-12(13)15)10-23(19,20)17(9-14(16)22)6-2-3-7-18/h4-5,8,18H,2-3,6-7,9-10H2,1H3,(H2,16,22). The zero-order chi connectivity index (χ0) is 17.5. The number of ether oxygens (including phenoxy) is 1. The Bertz CT molecular complexity index is 638. The van der Waals surface area contributed by atoms with Gasteiger partial charge in [0.25, 0.3) is 0 Å². The number of aliphatic hydroxyl groups is 1. The zero-order valence-electron chi connectivity index (χ0n) is 12.9. The van der Waals surface area contributed by atoms with Gasteiger partial charge in [-0.05, 0) is 30.5 Å². The molecule has 0 saturated carbocycles. The van der Waals surface area contributed by atoms with Gasteiger partial charge >= 0.3 is 0 Å². The molecule has 0 spiro atoms. The summed E-state index contributed by atoms with van der Waals surface area (Å²) >= 11 is 10.8. The van der Waals surface area contributed by atoms with Crippen LogP contribution in [0.25, 0.3) is 0 Å². The highest BCUT2D eigenvalue weighted by Crippen LogP contribution is 2.26. The van der Waals surface area contributed by atoms with E-state index in [2.05, 4.69) is 0 Å². The Hall–Kier alpha value is -0.930. The number of hydrogen-bond donors (Lipinski definition) is 2. The van der Waals surface area contributed by atoms with E-state index in [1.807, 2.05) is 0 Å². The third kappa shape index (κ3) is 6.60. The van der Waals surface area contributed by atoms with E-state index in [1.165, 1.54) is 11.4 Å². The first-order chi connectivity index (χ1) is 10.8. The van der Waals surface area contributed by atoms with Gasteiger partial charge in [-0.3, -0.25) is 0 Å². The molecule has 6 nitrogen and oxygen atoms in total. The maximum atomic E-state index is 12.6. The Balaban J connectivity index is 2.91. The van der Waals surface area contributed by atoms with Crippen LogP contribution >= 0.6 is 23.8 Å². The summed E-state index contributed by atoms with van der Waals surface area (Å²) in [7, 11) is -2.11. The highest BCUT2D eigenvalue weighted by molar-refractivity contribution is 7.88. The number of benzene rings is 1. The van der Waals surface area contributed by atoms with Crippen molar-refractivity contribution in [3.05, 3.63) is 28.8 Å². The van der Waals surface area contributed by atoms with Crippen molar-refractivity contribution in [2.24, 2.45) is 5.73 Å². The molecule has 1 rings (SSSR count). The van der Waals surface area contributed by atoms with Gasteiger partial charge < -0.3 is 15.6 Å². The van der Waals surface area contributed by atoms with E-state index in [0.717, 1.165) is 0 Å². The summed E-state index contributed by atoms with van der Waals surface area (Å²) in [5, 5.41) is 9.18. The number of nitrogens with zero attached hydrogens (tertiary/aromatic N) is 1. The molecule has 0 aliphatic rings. The minimum atomic E-state index is -3.60. The molecule has 0 fully saturated rings. The lowest BCUT2D eigenvalue weighted by Gasteiger charge is -2.21. The Morgan fingerprint density at radius 2 is 2.13 bits per heavy atom. The number of nitrogens with two attached hydrogens (primary N) is 1. The van der Waals surface area contributed by atoms with Gasteiger partial charge in [0.1, 0.15) is 5.75 Å². The highest BCUT2D eigenvalue weighted by Gasteiger charge is 2.23. The number of aliphatic hydroxyl groups excluding tert-OH is 1. The molecule has 0 bridgehead atoms. The number of methoxy groups -OCH3 is 1. The maximum absolute atomic E-state index is 12.6. The van der Waals surface area contributed by atoms with Crippen LogP contribution in [0.2, 0.25) is 5.02 Å². The molecular formula is C14H21ClN2O4S2. The van der Waals surface area contributed by atoms with E-state index in [0.29, 0.717) is 29.2 Å². The number of hydrogen-bond acceptors (Lipinski definition) is 5. The fourth-order valence-corrected chi connectivity index (χ4v) is 4.04. The largest absolute Gasteiger partial charge is 0.495 e. The summed E-state index contributed by atoms with van der Waals surface area (Å²) in [6.07, 6.45) is 1.04. The zero-order valence-corrected chi connectivity index (χ0v) is 15.3. The van der Waals surface area contributed by atoms with E-state index in [4.69, 9.17) is 39.4 Å². The lowest BCUT2D eigenvalue weighted by atomic mass is 10.2. The predicted octanol–water partition coefficient (Wildman–Crippen LogP) is 1.54. The first-order valence-corrected chi connectivity index (χ1v) is 9.39. The first-order valence-electron chi connectivity index (χ1n) is 6.99. The van der Waals surface area contributed by atoms with E-state index in [9.17, 15) is 8.42 Å². The van der Waals surface area contributed by atoms with Crippen LogP contribution in [0.4, 0.5) is 0 Å². The third-order valence-electron chi connectivity index (χ3n) is 3.11. The minimum Gasteiger partial charge on any atom is -0.495 e. The predicted molar refractivity (Wildman–Crippen MR) is 95.3 cm³/mol. The summed E-state index contributed by atoms with van der Waals surface area (Å²) in [6.45, 7) is 0.242. The van der Waals surface area contributed by atoms with Gasteiger partial charge in [-0.1, -0.05) is 29.9 Å². The van der Waals surface area contributed by atoms with Crippen LogP contribution in [0, 0.1) is 0 Å².